The Morgan fingerprint density at radius 1 is 1.06 bits per heavy atom. The molecular formula is C23H25N7O2. The largest absolute Gasteiger partial charge is 0.494 e. The second kappa shape index (κ2) is 8.80. The molecule has 0 aliphatic carbocycles. The Labute approximate surface area is 185 Å². The number of carbonyl (C=O) groups excluding carboxylic acids is 1. The molecule has 164 valence electrons. The van der Waals surface area contributed by atoms with Crippen LogP contribution in [0.3, 0.4) is 0 Å². The summed E-state index contributed by atoms with van der Waals surface area (Å²) in [5, 5.41) is 13.2. The number of fused-ring (bicyclic) bond motifs is 1. The van der Waals surface area contributed by atoms with Gasteiger partial charge in [-0.05, 0) is 47.7 Å². The minimum Gasteiger partial charge on any atom is -0.494 e. The van der Waals surface area contributed by atoms with Gasteiger partial charge in [0.25, 0.3) is 5.91 Å². The standard InChI is InChI=1S/C23H25N7O2/c1-2-32-18-9-7-17(8-10-18)30-22(25-26-27-30)16-28-11-13-29(14-12-28)23(31)20-15-24-21-6-4-3-5-19(20)21/h3-10,15,24H,2,11-14,16H2,1H3. The van der Waals surface area contributed by atoms with Crippen LogP contribution in [0.4, 0.5) is 0 Å². The third kappa shape index (κ3) is 3.94. The van der Waals surface area contributed by atoms with Gasteiger partial charge in [-0.2, -0.15) is 4.68 Å². The molecule has 9 nitrogen and oxygen atoms in total. The predicted molar refractivity (Wildman–Crippen MR) is 120 cm³/mol. The molecule has 2 aromatic carbocycles. The fourth-order valence-electron chi connectivity index (χ4n) is 4.08. The summed E-state index contributed by atoms with van der Waals surface area (Å²) in [5.41, 5.74) is 2.60. The Kier molecular flexibility index (Phi) is 5.55. The molecule has 1 aliphatic rings. The first-order valence-electron chi connectivity index (χ1n) is 10.8. The zero-order valence-electron chi connectivity index (χ0n) is 17.9. The van der Waals surface area contributed by atoms with Crippen LogP contribution >= 0.6 is 0 Å². The first-order chi connectivity index (χ1) is 15.7. The van der Waals surface area contributed by atoms with Crippen molar-refractivity contribution in [1.82, 2.24) is 35.0 Å². The van der Waals surface area contributed by atoms with Gasteiger partial charge in [0.2, 0.25) is 0 Å². The molecule has 0 saturated carbocycles. The second-order valence-electron chi connectivity index (χ2n) is 7.75. The van der Waals surface area contributed by atoms with E-state index >= 15 is 0 Å². The van der Waals surface area contributed by atoms with E-state index in [9.17, 15) is 4.79 Å². The number of hydrogen-bond donors (Lipinski definition) is 1. The molecule has 0 bridgehead atoms. The topological polar surface area (TPSA) is 92.2 Å². The van der Waals surface area contributed by atoms with Crippen molar-refractivity contribution in [1.29, 1.82) is 0 Å². The summed E-state index contributed by atoms with van der Waals surface area (Å²) in [4.78, 5) is 20.4. The molecule has 9 heteroatoms. The Hall–Kier alpha value is -3.72. The number of H-pyrrole nitrogens is 1. The summed E-state index contributed by atoms with van der Waals surface area (Å²) in [6.45, 7) is 6.08. The van der Waals surface area contributed by atoms with Crippen molar-refractivity contribution < 1.29 is 9.53 Å². The number of nitrogens with zero attached hydrogens (tertiary/aromatic N) is 6. The summed E-state index contributed by atoms with van der Waals surface area (Å²) in [6.07, 6.45) is 1.81. The van der Waals surface area contributed by atoms with Crippen LogP contribution in [0.2, 0.25) is 0 Å². The van der Waals surface area contributed by atoms with Crippen molar-refractivity contribution >= 4 is 16.8 Å². The van der Waals surface area contributed by atoms with E-state index in [-0.39, 0.29) is 5.91 Å². The number of para-hydroxylation sites is 1. The monoisotopic (exact) mass is 431 g/mol. The Bertz CT molecular complexity index is 1210. The maximum atomic E-state index is 13.1. The van der Waals surface area contributed by atoms with Crippen LogP contribution < -0.4 is 4.74 Å². The minimum atomic E-state index is 0.0707. The van der Waals surface area contributed by atoms with E-state index in [4.69, 9.17) is 4.74 Å². The fourth-order valence-corrected chi connectivity index (χ4v) is 4.08. The number of nitrogens with one attached hydrogen (secondary N) is 1. The van der Waals surface area contributed by atoms with Gasteiger partial charge >= 0.3 is 0 Å². The van der Waals surface area contributed by atoms with Crippen LogP contribution in [0.1, 0.15) is 23.1 Å². The van der Waals surface area contributed by atoms with E-state index in [0.717, 1.165) is 46.8 Å². The van der Waals surface area contributed by atoms with Crippen LogP contribution in [0.25, 0.3) is 16.6 Å². The Balaban J connectivity index is 1.22. The molecule has 1 aliphatic heterocycles. The molecule has 4 aromatic rings. The fraction of sp³-hybridized carbons (Fsp3) is 0.304. The molecule has 1 saturated heterocycles. The molecule has 3 heterocycles. The second-order valence-corrected chi connectivity index (χ2v) is 7.75. The quantitative estimate of drug-likeness (QED) is 0.504. The molecule has 1 amide bonds. The maximum Gasteiger partial charge on any atom is 0.256 e. The van der Waals surface area contributed by atoms with Crippen LogP contribution in [0, 0.1) is 0 Å². The van der Waals surface area contributed by atoms with Crippen LogP contribution in [-0.4, -0.2) is 73.7 Å². The lowest BCUT2D eigenvalue weighted by molar-refractivity contribution is 0.0626. The third-order valence-electron chi connectivity index (χ3n) is 5.77. The van der Waals surface area contributed by atoms with Crippen molar-refractivity contribution in [2.75, 3.05) is 32.8 Å². The van der Waals surface area contributed by atoms with Crippen molar-refractivity contribution in [2.45, 2.75) is 13.5 Å². The number of benzene rings is 2. The number of piperazine rings is 1. The van der Waals surface area contributed by atoms with Gasteiger partial charge in [0.05, 0.1) is 24.4 Å². The lowest BCUT2D eigenvalue weighted by atomic mass is 10.1. The van der Waals surface area contributed by atoms with Crippen LogP contribution in [0.5, 0.6) is 5.75 Å². The highest BCUT2D eigenvalue weighted by atomic mass is 16.5. The summed E-state index contributed by atoms with van der Waals surface area (Å²) in [7, 11) is 0. The number of ether oxygens (including phenoxy) is 1. The maximum absolute atomic E-state index is 13.1. The predicted octanol–water partition coefficient (Wildman–Crippen LogP) is 2.50. The van der Waals surface area contributed by atoms with Gasteiger partial charge in [-0.3, -0.25) is 9.69 Å². The molecule has 0 unspecified atom stereocenters. The minimum absolute atomic E-state index is 0.0707. The van der Waals surface area contributed by atoms with Gasteiger partial charge in [-0.25, -0.2) is 0 Å². The number of tetrazole rings is 1. The van der Waals surface area contributed by atoms with Crippen molar-refractivity contribution in [3.05, 3.63) is 66.1 Å². The van der Waals surface area contributed by atoms with Gasteiger partial charge in [-0.15, -0.1) is 5.10 Å². The van der Waals surface area contributed by atoms with Gasteiger partial charge in [-0.1, -0.05) is 18.2 Å². The van der Waals surface area contributed by atoms with Crippen LogP contribution in [0.15, 0.2) is 54.7 Å². The highest BCUT2D eigenvalue weighted by Crippen LogP contribution is 2.21. The summed E-state index contributed by atoms with van der Waals surface area (Å²) in [5.74, 6) is 1.66. The number of amides is 1. The highest BCUT2D eigenvalue weighted by molar-refractivity contribution is 6.06. The van der Waals surface area contributed by atoms with Crippen molar-refractivity contribution in [3.8, 4) is 11.4 Å². The molecule has 0 spiro atoms. The SMILES string of the molecule is CCOc1ccc(-n2nnnc2CN2CCN(C(=O)c3c[nH]c4ccccc34)CC2)cc1. The number of carbonyl (C=O) groups is 1. The first-order valence-corrected chi connectivity index (χ1v) is 10.8. The molecule has 5 rings (SSSR count). The summed E-state index contributed by atoms with van der Waals surface area (Å²) in [6, 6.07) is 15.6. The molecule has 0 radical (unpaired) electrons. The highest BCUT2D eigenvalue weighted by Gasteiger charge is 2.25. The van der Waals surface area contributed by atoms with Crippen molar-refractivity contribution in [3.63, 3.8) is 0 Å². The smallest absolute Gasteiger partial charge is 0.256 e. The average Bonchev–Trinajstić information content (AvgIpc) is 3.47. The average molecular weight is 432 g/mol. The lowest BCUT2D eigenvalue weighted by Gasteiger charge is -2.34. The van der Waals surface area contributed by atoms with Gasteiger partial charge in [0, 0.05) is 43.3 Å². The van der Waals surface area contributed by atoms with E-state index in [1.807, 2.05) is 66.6 Å². The number of aromatic amines is 1. The summed E-state index contributed by atoms with van der Waals surface area (Å²) >= 11 is 0. The third-order valence-corrected chi connectivity index (χ3v) is 5.77. The van der Waals surface area contributed by atoms with E-state index in [1.165, 1.54) is 0 Å². The molecular weight excluding hydrogens is 406 g/mol. The normalized spacial score (nSPS) is 14.7. The number of aromatic nitrogens is 5. The molecule has 2 aromatic heterocycles. The van der Waals surface area contributed by atoms with E-state index in [2.05, 4.69) is 25.4 Å². The van der Waals surface area contributed by atoms with Crippen LogP contribution in [-0.2, 0) is 6.54 Å². The Morgan fingerprint density at radius 2 is 1.84 bits per heavy atom. The van der Waals surface area contributed by atoms with Gasteiger partial charge < -0.3 is 14.6 Å². The molecule has 32 heavy (non-hydrogen) atoms. The zero-order valence-corrected chi connectivity index (χ0v) is 17.9. The zero-order chi connectivity index (χ0) is 21.9. The van der Waals surface area contributed by atoms with E-state index < -0.39 is 0 Å². The van der Waals surface area contributed by atoms with Crippen molar-refractivity contribution in [2.24, 2.45) is 0 Å². The lowest BCUT2D eigenvalue weighted by Crippen LogP contribution is -2.48. The van der Waals surface area contributed by atoms with E-state index in [0.29, 0.717) is 26.2 Å². The molecule has 1 N–H and O–H groups in total. The van der Waals surface area contributed by atoms with Gasteiger partial charge in [0.15, 0.2) is 5.82 Å². The summed E-state index contributed by atoms with van der Waals surface area (Å²) < 4.78 is 7.26. The first kappa shape index (κ1) is 20.2. The van der Waals surface area contributed by atoms with E-state index in [1.54, 1.807) is 4.68 Å². The molecule has 1 fully saturated rings. The van der Waals surface area contributed by atoms with Gasteiger partial charge in [0.1, 0.15) is 5.75 Å². The Morgan fingerprint density at radius 3 is 2.62 bits per heavy atom. The number of hydrogen-bond acceptors (Lipinski definition) is 6. The molecule has 0 atom stereocenters. The number of rotatable bonds is 6.